The minimum atomic E-state index is 0.224. The molecule has 2 aromatic rings. The van der Waals surface area contributed by atoms with E-state index < -0.39 is 0 Å². The van der Waals surface area contributed by atoms with Crippen LogP contribution in [0.25, 0.3) is 0 Å². The number of fused-ring (bicyclic) bond motifs is 1. The van der Waals surface area contributed by atoms with Gasteiger partial charge in [-0.05, 0) is 67.1 Å². The second kappa shape index (κ2) is 6.08. The molecule has 0 amide bonds. The molecule has 0 aliphatic heterocycles. The molecule has 0 bridgehead atoms. The lowest BCUT2D eigenvalue weighted by Crippen LogP contribution is -2.27. The van der Waals surface area contributed by atoms with E-state index in [-0.39, 0.29) is 12.1 Å². The zero-order valence-corrected chi connectivity index (χ0v) is 12.9. The molecule has 110 valence electrons. The highest BCUT2D eigenvalue weighted by atomic mass is 35.5. The summed E-state index contributed by atoms with van der Waals surface area (Å²) in [4.78, 5) is 0. The Balaban J connectivity index is 1.81. The molecule has 1 aliphatic rings. The fraction of sp³-hybridized carbons (Fsp3) is 0.333. The van der Waals surface area contributed by atoms with Crippen LogP contribution < -0.4 is 5.32 Å². The second-order valence-electron chi connectivity index (χ2n) is 5.77. The summed E-state index contributed by atoms with van der Waals surface area (Å²) in [7, 11) is 0. The maximum absolute atomic E-state index is 9.75. The zero-order chi connectivity index (χ0) is 14.8. The maximum atomic E-state index is 9.75. The molecular formula is C18H20ClNO. The van der Waals surface area contributed by atoms with Crippen molar-refractivity contribution in [3.63, 3.8) is 0 Å². The molecule has 2 aromatic carbocycles. The molecule has 3 heteroatoms. The molecule has 0 fully saturated rings. The number of nitrogens with one attached hydrogen (secondary N) is 1. The minimum absolute atomic E-state index is 0.224. The van der Waals surface area contributed by atoms with Gasteiger partial charge in [0.05, 0.1) is 0 Å². The highest BCUT2D eigenvalue weighted by Gasteiger charge is 2.22. The summed E-state index contributed by atoms with van der Waals surface area (Å²) in [6.45, 7) is 2.16. The molecule has 0 saturated carbocycles. The molecule has 0 aromatic heterocycles. The maximum Gasteiger partial charge on any atom is 0.115 e. The number of phenols is 1. The second-order valence-corrected chi connectivity index (χ2v) is 6.21. The van der Waals surface area contributed by atoms with E-state index in [1.54, 1.807) is 6.07 Å². The normalized spacial score (nSPS) is 19.0. The SMILES string of the molecule is CC(NC1CCCc2ccc(O)cc21)c1cccc(Cl)c1. The van der Waals surface area contributed by atoms with Crippen molar-refractivity contribution in [2.24, 2.45) is 0 Å². The third-order valence-corrected chi connectivity index (χ3v) is 4.48. The third kappa shape index (κ3) is 3.22. The van der Waals surface area contributed by atoms with Gasteiger partial charge in [0.1, 0.15) is 5.75 Å². The van der Waals surface area contributed by atoms with E-state index in [0.717, 1.165) is 17.9 Å². The van der Waals surface area contributed by atoms with Gasteiger partial charge in [0, 0.05) is 17.1 Å². The Hall–Kier alpha value is -1.51. The number of hydrogen-bond acceptors (Lipinski definition) is 2. The lowest BCUT2D eigenvalue weighted by Gasteiger charge is -2.29. The molecule has 1 aliphatic carbocycles. The molecule has 2 atom stereocenters. The summed E-state index contributed by atoms with van der Waals surface area (Å²) in [6.07, 6.45) is 3.37. The zero-order valence-electron chi connectivity index (χ0n) is 12.1. The predicted octanol–water partition coefficient (Wildman–Crippen LogP) is 4.77. The van der Waals surface area contributed by atoms with Crippen molar-refractivity contribution in [2.75, 3.05) is 0 Å². The van der Waals surface area contributed by atoms with E-state index in [0.29, 0.717) is 5.75 Å². The van der Waals surface area contributed by atoms with Crippen LogP contribution in [0, 0.1) is 0 Å². The summed E-state index contributed by atoms with van der Waals surface area (Å²) in [6, 6.07) is 14.2. The summed E-state index contributed by atoms with van der Waals surface area (Å²) in [5.74, 6) is 0.345. The number of halogens is 1. The van der Waals surface area contributed by atoms with Crippen LogP contribution >= 0.6 is 11.6 Å². The van der Waals surface area contributed by atoms with Crippen LogP contribution in [-0.4, -0.2) is 5.11 Å². The molecular weight excluding hydrogens is 282 g/mol. The molecule has 0 radical (unpaired) electrons. The van der Waals surface area contributed by atoms with Crippen LogP contribution in [0.1, 0.15) is 48.5 Å². The highest BCUT2D eigenvalue weighted by Crippen LogP contribution is 2.34. The van der Waals surface area contributed by atoms with Gasteiger partial charge in [-0.1, -0.05) is 29.8 Å². The molecule has 0 spiro atoms. The molecule has 2 nitrogen and oxygen atoms in total. The quantitative estimate of drug-likeness (QED) is 0.855. The lowest BCUT2D eigenvalue weighted by molar-refractivity contribution is 0.411. The Morgan fingerprint density at radius 1 is 1.24 bits per heavy atom. The van der Waals surface area contributed by atoms with Crippen molar-refractivity contribution in [3.05, 3.63) is 64.2 Å². The van der Waals surface area contributed by atoms with Gasteiger partial charge in [0.15, 0.2) is 0 Å². The van der Waals surface area contributed by atoms with Gasteiger partial charge < -0.3 is 10.4 Å². The first kappa shape index (κ1) is 14.4. The molecule has 3 rings (SSSR count). The summed E-state index contributed by atoms with van der Waals surface area (Å²) >= 11 is 6.07. The van der Waals surface area contributed by atoms with E-state index in [2.05, 4.69) is 18.3 Å². The first-order valence-corrected chi connectivity index (χ1v) is 7.84. The summed E-state index contributed by atoms with van der Waals surface area (Å²) < 4.78 is 0. The fourth-order valence-corrected chi connectivity index (χ4v) is 3.33. The van der Waals surface area contributed by atoms with Crippen molar-refractivity contribution >= 4 is 11.6 Å². The van der Waals surface area contributed by atoms with Crippen molar-refractivity contribution in [1.82, 2.24) is 5.32 Å². The van der Waals surface area contributed by atoms with Crippen LogP contribution in [0.15, 0.2) is 42.5 Å². The standard InChI is InChI=1S/C18H20ClNO/c1-12(14-5-2-6-15(19)10-14)20-18-7-3-4-13-8-9-16(21)11-17(13)18/h2,5-6,8-12,18,20-21H,3-4,7H2,1H3. The lowest BCUT2D eigenvalue weighted by atomic mass is 9.87. The van der Waals surface area contributed by atoms with E-state index in [1.165, 1.54) is 23.1 Å². The topological polar surface area (TPSA) is 32.3 Å². The summed E-state index contributed by atoms with van der Waals surface area (Å²) in [5.41, 5.74) is 3.76. The number of aryl methyl sites for hydroxylation is 1. The van der Waals surface area contributed by atoms with Crippen molar-refractivity contribution < 1.29 is 5.11 Å². The number of aromatic hydroxyl groups is 1. The number of rotatable bonds is 3. The molecule has 0 saturated heterocycles. The van der Waals surface area contributed by atoms with Crippen molar-refractivity contribution in [2.45, 2.75) is 38.3 Å². The van der Waals surface area contributed by atoms with Crippen LogP contribution in [0.2, 0.25) is 5.02 Å². The van der Waals surface area contributed by atoms with Gasteiger partial charge in [0.2, 0.25) is 0 Å². The van der Waals surface area contributed by atoms with Crippen molar-refractivity contribution in [1.29, 1.82) is 0 Å². The van der Waals surface area contributed by atoms with Crippen LogP contribution in [0.5, 0.6) is 5.75 Å². The molecule has 0 heterocycles. The van der Waals surface area contributed by atoms with E-state index in [9.17, 15) is 5.11 Å². The predicted molar refractivity (Wildman–Crippen MR) is 86.8 cm³/mol. The Labute approximate surface area is 130 Å². The highest BCUT2D eigenvalue weighted by molar-refractivity contribution is 6.30. The fourth-order valence-electron chi connectivity index (χ4n) is 3.13. The third-order valence-electron chi connectivity index (χ3n) is 4.24. The van der Waals surface area contributed by atoms with Gasteiger partial charge in [0.25, 0.3) is 0 Å². The molecule has 21 heavy (non-hydrogen) atoms. The monoisotopic (exact) mass is 301 g/mol. The van der Waals surface area contributed by atoms with Gasteiger partial charge in [-0.3, -0.25) is 0 Å². The van der Waals surface area contributed by atoms with Gasteiger partial charge in [-0.2, -0.15) is 0 Å². The average Bonchev–Trinajstić information content (AvgIpc) is 2.48. The van der Waals surface area contributed by atoms with Gasteiger partial charge in [-0.15, -0.1) is 0 Å². The molecule has 2 N–H and O–H groups in total. The van der Waals surface area contributed by atoms with Crippen molar-refractivity contribution in [3.8, 4) is 5.75 Å². The van der Waals surface area contributed by atoms with E-state index in [4.69, 9.17) is 11.6 Å². The Bertz CT molecular complexity index is 641. The Morgan fingerprint density at radius 3 is 2.90 bits per heavy atom. The first-order valence-electron chi connectivity index (χ1n) is 7.47. The van der Waals surface area contributed by atoms with Crippen LogP contribution in [0.3, 0.4) is 0 Å². The van der Waals surface area contributed by atoms with Gasteiger partial charge in [-0.25, -0.2) is 0 Å². The number of phenolic OH excluding ortho intramolecular Hbond substituents is 1. The van der Waals surface area contributed by atoms with Crippen LogP contribution in [0.4, 0.5) is 0 Å². The first-order chi connectivity index (χ1) is 10.1. The number of benzene rings is 2. The average molecular weight is 302 g/mol. The van der Waals surface area contributed by atoms with E-state index >= 15 is 0 Å². The van der Waals surface area contributed by atoms with Crippen LogP contribution in [-0.2, 0) is 6.42 Å². The Morgan fingerprint density at radius 2 is 2.10 bits per heavy atom. The Kier molecular flexibility index (Phi) is 4.18. The molecule has 2 unspecified atom stereocenters. The smallest absolute Gasteiger partial charge is 0.115 e. The number of hydrogen-bond donors (Lipinski definition) is 2. The van der Waals surface area contributed by atoms with E-state index in [1.807, 2.05) is 30.3 Å². The summed E-state index contributed by atoms with van der Waals surface area (Å²) in [5, 5.41) is 14.2. The largest absolute Gasteiger partial charge is 0.508 e. The van der Waals surface area contributed by atoms with Gasteiger partial charge >= 0.3 is 0 Å². The minimum Gasteiger partial charge on any atom is -0.508 e.